The van der Waals surface area contributed by atoms with E-state index in [-0.39, 0.29) is 24.2 Å². The summed E-state index contributed by atoms with van der Waals surface area (Å²) in [5.74, 6) is 0.507. The Morgan fingerprint density at radius 3 is 2.53 bits per heavy atom. The van der Waals surface area contributed by atoms with E-state index in [9.17, 15) is 9.59 Å². The van der Waals surface area contributed by atoms with Gasteiger partial charge in [-0.05, 0) is 35.7 Å². The molecule has 2 aromatic rings. The first-order valence-electron chi connectivity index (χ1n) is 10.6. The highest BCUT2D eigenvalue weighted by Gasteiger charge is 2.35. The second-order valence-corrected chi connectivity index (χ2v) is 7.77. The largest absolute Gasteiger partial charge is 0.378 e. The molecule has 158 valence electrons. The Morgan fingerprint density at radius 1 is 1.13 bits per heavy atom. The van der Waals surface area contributed by atoms with E-state index in [1.165, 1.54) is 5.56 Å². The molecule has 30 heavy (non-hydrogen) atoms. The Bertz CT molecular complexity index is 876. The Balaban J connectivity index is 1.30. The summed E-state index contributed by atoms with van der Waals surface area (Å²) in [6.45, 7) is 6.06. The summed E-state index contributed by atoms with van der Waals surface area (Å²) < 4.78 is 5.37. The van der Waals surface area contributed by atoms with Crippen LogP contribution in [0.3, 0.4) is 0 Å². The van der Waals surface area contributed by atoms with Crippen molar-refractivity contribution in [3.05, 3.63) is 53.7 Å². The van der Waals surface area contributed by atoms with Crippen LogP contribution in [0.4, 0.5) is 11.5 Å². The predicted octanol–water partition coefficient (Wildman–Crippen LogP) is 2.15. The molecule has 2 fully saturated rings. The molecule has 2 amide bonds. The number of benzene rings is 1. The highest BCUT2D eigenvalue weighted by atomic mass is 16.5. The molecule has 0 bridgehead atoms. The minimum Gasteiger partial charge on any atom is -0.378 e. The van der Waals surface area contributed by atoms with Gasteiger partial charge in [0.25, 0.3) is 0 Å². The van der Waals surface area contributed by atoms with Crippen LogP contribution < -0.4 is 15.1 Å². The highest BCUT2D eigenvalue weighted by Crippen LogP contribution is 2.25. The van der Waals surface area contributed by atoms with Crippen LogP contribution in [0.15, 0.2) is 42.6 Å². The summed E-state index contributed by atoms with van der Waals surface area (Å²) in [6, 6.07) is 11.9. The fourth-order valence-electron chi connectivity index (χ4n) is 3.88. The lowest BCUT2D eigenvalue weighted by atomic mass is 10.1. The molecule has 2 aliphatic heterocycles. The van der Waals surface area contributed by atoms with Crippen molar-refractivity contribution < 1.29 is 14.3 Å². The molecular formula is C23H28N4O3. The molecule has 0 saturated carbocycles. The van der Waals surface area contributed by atoms with Gasteiger partial charge in [-0.3, -0.25) is 9.59 Å². The number of ether oxygens (including phenoxy) is 1. The van der Waals surface area contributed by atoms with Crippen molar-refractivity contribution >= 4 is 23.3 Å². The third-order valence-electron chi connectivity index (χ3n) is 5.76. The summed E-state index contributed by atoms with van der Waals surface area (Å²) in [7, 11) is 0. The van der Waals surface area contributed by atoms with Gasteiger partial charge in [-0.1, -0.05) is 25.1 Å². The first kappa shape index (κ1) is 20.3. The molecule has 4 rings (SSSR count). The van der Waals surface area contributed by atoms with Crippen molar-refractivity contribution in [2.45, 2.75) is 26.3 Å². The van der Waals surface area contributed by atoms with Crippen LogP contribution in [-0.2, 0) is 27.3 Å². The van der Waals surface area contributed by atoms with Gasteiger partial charge in [-0.25, -0.2) is 4.98 Å². The second-order valence-electron chi connectivity index (χ2n) is 7.77. The Labute approximate surface area is 177 Å². The summed E-state index contributed by atoms with van der Waals surface area (Å²) >= 11 is 0. The first-order valence-corrected chi connectivity index (χ1v) is 10.6. The maximum atomic E-state index is 12.6. The van der Waals surface area contributed by atoms with Crippen LogP contribution in [-0.4, -0.2) is 49.6 Å². The van der Waals surface area contributed by atoms with E-state index < -0.39 is 0 Å². The quantitative estimate of drug-likeness (QED) is 0.793. The molecule has 1 unspecified atom stereocenters. The van der Waals surface area contributed by atoms with E-state index in [4.69, 9.17) is 4.74 Å². The van der Waals surface area contributed by atoms with Crippen LogP contribution in [0.25, 0.3) is 0 Å². The lowest BCUT2D eigenvalue weighted by Gasteiger charge is -2.27. The Morgan fingerprint density at radius 2 is 1.87 bits per heavy atom. The molecule has 2 aliphatic rings. The van der Waals surface area contributed by atoms with E-state index in [0.717, 1.165) is 49.8 Å². The second kappa shape index (κ2) is 9.26. The SMILES string of the molecule is CCc1ccc(N2CC(C(=O)NCc3ccc(N4CCOCC4)nc3)CC2=O)cc1. The normalized spacial score (nSPS) is 19.2. The number of aryl methyl sites for hydroxylation is 1. The molecule has 7 nitrogen and oxygen atoms in total. The number of morpholine rings is 1. The van der Waals surface area contributed by atoms with E-state index in [2.05, 4.69) is 22.1 Å². The van der Waals surface area contributed by atoms with Gasteiger partial charge in [-0.2, -0.15) is 0 Å². The summed E-state index contributed by atoms with van der Waals surface area (Å²) in [5.41, 5.74) is 3.03. The van der Waals surface area contributed by atoms with Crippen molar-refractivity contribution in [3.8, 4) is 0 Å². The smallest absolute Gasteiger partial charge is 0.227 e. The minimum atomic E-state index is -0.330. The molecule has 1 atom stereocenters. The number of carbonyl (C=O) groups excluding carboxylic acids is 2. The molecule has 1 aromatic carbocycles. The monoisotopic (exact) mass is 408 g/mol. The fraction of sp³-hybridized carbons (Fsp3) is 0.435. The third kappa shape index (κ3) is 4.62. The number of carbonyl (C=O) groups is 2. The van der Waals surface area contributed by atoms with Crippen molar-refractivity contribution in [1.29, 1.82) is 0 Å². The van der Waals surface area contributed by atoms with Crippen LogP contribution in [0.5, 0.6) is 0 Å². The van der Waals surface area contributed by atoms with Gasteiger partial charge >= 0.3 is 0 Å². The first-order chi connectivity index (χ1) is 14.6. The van der Waals surface area contributed by atoms with E-state index in [0.29, 0.717) is 13.1 Å². The van der Waals surface area contributed by atoms with Gasteiger partial charge in [0, 0.05) is 44.5 Å². The molecule has 0 radical (unpaired) electrons. The van der Waals surface area contributed by atoms with E-state index in [1.54, 1.807) is 11.1 Å². The summed E-state index contributed by atoms with van der Waals surface area (Å²) in [4.78, 5) is 33.5. The fourth-order valence-corrected chi connectivity index (χ4v) is 3.88. The average Bonchev–Trinajstić information content (AvgIpc) is 3.20. The number of nitrogens with one attached hydrogen (secondary N) is 1. The maximum Gasteiger partial charge on any atom is 0.227 e. The maximum absolute atomic E-state index is 12.6. The zero-order valence-corrected chi connectivity index (χ0v) is 17.3. The summed E-state index contributed by atoms with van der Waals surface area (Å²) in [5, 5.41) is 2.96. The highest BCUT2D eigenvalue weighted by molar-refractivity contribution is 6.00. The molecule has 0 spiro atoms. The van der Waals surface area contributed by atoms with Gasteiger partial charge < -0.3 is 19.9 Å². The van der Waals surface area contributed by atoms with Crippen molar-refractivity contribution in [2.75, 3.05) is 42.6 Å². The minimum absolute atomic E-state index is 0.00377. The van der Waals surface area contributed by atoms with Crippen LogP contribution in [0.1, 0.15) is 24.5 Å². The van der Waals surface area contributed by atoms with Crippen LogP contribution >= 0.6 is 0 Å². The van der Waals surface area contributed by atoms with E-state index in [1.807, 2.05) is 36.4 Å². The molecule has 2 saturated heterocycles. The third-order valence-corrected chi connectivity index (χ3v) is 5.76. The summed E-state index contributed by atoms with van der Waals surface area (Å²) in [6.07, 6.45) is 3.00. The zero-order valence-electron chi connectivity index (χ0n) is 17.3. The molecule has 3 heterocycles. The Hall–Kier alpha value is -2.93. The number of hydrogen-bond donors (Lipinski definition) is 1. The number of rotatable bonds is 6. The lowest BCUT2D eigenvalue weighted by Crippen LogP contribution is -2.36. The van der Waals surface area contributed by atoms with Crippen molar-refractivity contribution in [2.24, 2.45) is 5.92 Å². The van der Waals surface area contributed by atoms with Gasteiger partial charge in [0.15, 0.2) is 0 Å². The van der Waals surface area contributed by atoms with Gasteiger partial charge in [-0.15, -0.1) is 0 Å². The van der Waals surface area contributed by atoms with Crippen LogP contribution in [0, 0.1) is 5.92 Å². The predicted molar refractivity (Wildman–Crippen MR) is 115 cm³/mol. The Kier molecular flexibility index (Phi) is 6.28. The van der Waals surface area contributed by atoms with Gasteiger partial charge in [0.2, 0.25) is 11.8 Å². The number of amides is 2. The molecule has 1 N–H and O–H groups in total. The molecule has 1 aromatic heterocycles. The topological polar surface area (TPSA) is 74.8 Å². The standard InChI is InChI=1S/C23H28N4O3/c1-2-17-3-6-20(7-4-17)27-16-19(13-22(27)28)23(29)25-15-18-5-8-21(24-14-18)26-9-11-30-12-10-26/h3-8,14,19H,2,9-13,15-16H2,1H3,(H,25,29). The van der Waals surface area contributed by atoms with Crippen molar-refractivity contribution in [3.63, 3.8) is 0 Å². The lowest BCUT2D eigenvalue weighted by molar-refractivity contribution is -0.126. The number of pyridine rings is 1. The van der Waals surface area contributed by atoms with Crippen LogP contribution in [0.2, 0.25) is 0 Å². The molecular weight excluding hydrogens is 380 g/mol. The van der Waals surface area contributed by atoms with E-state index >= 15 is 0 Å². The van der Waals surface area contributed by atoms with Gasteiger partial charge in [0.05, 0.1) is 19.1 Å². The molecule has 7 heteroatoms. The molecule has 0 aliphatic carbocycles. The number of aromatic nitrogens is 1. The zero-order chi connectivity index (χ0) is 20.9. The average molecular weight is 409 g/mol. The van der Waals surface area contributed by atoms with Crippen molar-refractivity contribution in [1.82, 2.24) is 10.3 Å². The number of anilines is 2. The number of nitrogens with zero attached hydrogens (tertiary/aromatic N) is 3. The number of hydrogen-bond acceptors (Lipinski definition) is 5. The van der Waals surface area contributed by atoms with Gasteiger partial charge in [0.1, 0.15) is 5.82 Å².